The maximum atomic E-state index is 13.1. The average molecular weight is 397 g/mol. The van der Waals surface area contributed by atoms with Gasteiger partial charge in [0.1, 0.15) is 17.4 Å². The maximum absolute atomic E-state index is 13.1. The molecule has 2 aromatic rings. The molecule has 144 valence electrons. The van der Waals surface area contributed by atoms with Crippen molar-refractivity contribution in [3.8, 4) is 5.75 Å². The molecule has 0 aliphatic carbocycles. The van der Waals surface area contributed by atoms with Crippen molar-refractivity contribution in [2.45, 2.75) is 6.42 Å². The van der Waals surface area contributed by atoms with Crippen LogP contribution in [0.4, 0.5) is 8.78 Å². The van der Waals surface area contributed by atoms with Crippen LogP contribution in [0.1, 0.15) is 16.8 Å². The molecule has 0 unspecified atom stereocenters. The minimum absolute atomic E-state index is 0.183. The van der Waals surface area contributed by atoms with Gasteiger partial charge < -0.3 is 15.0 Å². The standard InChI is InChI=1S/C19H19ClF2N2O3/c1-24(6-3-7-27-17-5-2-4-14(20)10-17)18(25)12-23-19(26)13-8-15(21)11-16(22)9-13/h2,4-5,8-11H,3,6-7,12H2,1H3,(H,23,26). The second-order valence-electron chi connectivity index (χ2n) is 5.82. The number of nitrogens with one attached hydrogen (secondary N) is 1. The van der Waals surface area contributed by atoms with Crippen molar-refractivity contribution < 1.29 is 23.1 Å². The van der Waals surface area contributed by atoms with Gasteiger partial charge in [0.25, 0.3) is 5.91 Å². The minimum atomic E-state index is -0.858. The van der Waals surface area contributed by atoms with Gasteiger partial charge in [-0.2, -0.15) is 0 Å². The third-order valence-corrected chi connectivity index (χ3v) is 3.89. The lowest BCUT2D eigenvalue weighted by atomic mass is 10.2. The molecule has 0 aliphatic heterocycles. The molecule has 0 heterocycles. The number of ether oxygens (including phenoxy) is 1. The van der Waals surface area contributed by atoms with E-state index < -0.39 is 17.5 Å². The monoisotopic (exact) mass is 396 g/mol. The van der Waals surface area contributed by atoms with Gasteiger partial charge in [-0.05, 0) is 36.8 Å². The summed E-state index contributed by atoms with van der Waals surface area (Å²) in [6.07, 6.45) is 0.581. The summed E-state index contributed by atoms with van der Waals surface area (Å²) < 4.78 is 31.8. The van der Waals surface area contributed by atoms with Crippen molar-refractivity contribution >= 4 is 23.4 Å². The summed E-state index contributed by atoms with van der Waals surface area (Å²) in [4.78, 5) is 25.3. The molecule has 0 saturated carbocycles. The predicted molar refractivity (Wildman–Crippen MR) is 97.9 cm³/mol. The molecule has 0 spiro atoms. The van der Waals surface area contributed by atoms with E-state index in [0.717, 1.165) is 12.1 Å². The Morgan fingerprint density at radius 1 is 1.15 bits per heavy atom. The van der Waals surface area contributed by atoms with Gasteiger partial charge in [0.05, 0.1) is 13.2 Å². The zero-order valence-corrected chi connectivity index (χ0v) is 15.4. The SMILES string of the molecule is CN(CCCOc1cccc(Cl)c1)C(=O)CNC(=O)c1cc(F)cc(F)c1. The van der Waals surface area contributed by atoms with Crippen LogP contribution >= 0.6 is 11.6 Å². The number of likely N-dealkylation sites (N-methyl/N-ethyl adjacent to an activating group) is 1. The van der Waals surface area contributed by atoms with Gasteiger partial charge >= 0.3 is 0 Å². The van der Waals surface area contributed by atoms with Crippen molar-refractivity contribution in [2.75, 3.05) is 26.7 Å². The highest BCUT2D eigenvalue weighted by molar-refractivity contribution is 6.30. The van der Waals surface area contributed by atoms with Crippen LogP contribution in [0.5, 0.6) is 5.75 Å². The highest BCUT2D eigenvalue weighted by Gasteiger charge is 2.13. The van der Waals surface area contributed by atoms with Crippen molar-refractivity contribution in [3.63, 3.8) is 0 Å². The molecule has 0 aliphatic rings. The molecule has 0 fully saturated rings. The molecule has 2 amide bonds. The largest absolute Gasteiger partial charge is 0.493 e. The molecule has 8 heteroatoms. The normalized spacial score (nSPS) is 10.4. The number of amides is 2. The van der Waals surface area contributed by atoms with Crippen LogP contribution in [0.25, 0.3) is 0 Å². The quantitative estimate of drug-likeness (QED) is 0.697. The average Bonchev–Trinajstić information content (AvgIpc) is 2.62. The lowest BCUT2D eigenvalue weighted by Gasteiger charge is -2.17. The number of rotatable bonds is 8. The fourth-order valence-corrected chi connectivity index (χ4v) is 2.43. The molecule has 5 nitrogen and oxygen atoms in total. The Balaban J connectivity index is 1.71. The van der Waals surface area contributed by atoms with E-state index >= 15 is 0 Å². The summed E-state index contributed by atoms with van der Waals surface area (Å²) in [6, 6.07) is 9.47. The van der Waals surface area contributed by atoms with Crippen molar-refractivity contribution in [1.29, 1.82) is 0 Å². The Bertz CT molecular complexity index is 797. The summed E-state index contributed by atoms with van der Waals surface area (Å²) in [6.45, 7) is 0.541. The van der Waals surface area contributed by atoms with E-state index in [4.69, 9.17) is 16.3 Å². The van der Waals surface area contributed by atoms with Gasteiger partial charge in [-0.1, -0.05) is 17.7 Å². The van der Waals surface area contributed by atoms with E-state index in [-0.39, 0.29) is 18.0 Å². The van der Waals surface area contributed by atoms with Gasteiger partial charge in [0, 0.05) is 30.2 Å². The molecule has 27 heavy (non-hydrogen) atoms. The van der Waals surface area contributed by atoms with Crippen molar-refractivity contribution in [1.82, 2.24) is 10.2 Å². The topological polar surface area (TPSA) is 58.6 Å². The molecule has 2 rings (SSSR count). The van der Waals surface area contributed by atoms with Gasteiger partial charge in [-0.3, -0.25) is 9.59 Å². The number of hydrogen-bond acceptors (Lipinski definition) is 3. The first-order valence-electron chi connectivity index (χ1n) is 8.22. The third kappa shape index (κ3) is 6.86. The number of carbonyl (C=O) groups excluding carboxylic acids is 2. The first-order chi connectivity index (χ1) is 12.8. The summed E-state index contributed by atoms with van der Waals surface area (Å²) in [5.74, 6) is -2.12. The summed E-state index contributed by atoms with van der Waals surface area (Å²) in [5, 5.41) is 2.92. The molecule has 0 atom stereocenters. The molecule has 0 bridgehead atoms. The Morgan fingerprint density at radius 2 is 1.85 bits per heavy atom. The van der Waals surface area contributed by atoms with E-state index in [0.29, 0.717) is 36.4 Å². The van der Waals surface area contributed by atoms with Crippen LogP contribution in [-0.2, 0) is 4.79 Å². The Labute approximate surface area is 160 Å². The zero-order valence-electron chi connectivity index (χ0n) is 14.7. The smallest absolute Gasteiger partial charge is 0.251 e. The third-order valence-electron chi connectivity index (χ3n) is 3.65. The highest BCUT2D eigenvalue weighted by Crippen LogP contribution is 2.17. The fraction of sp³-hybridized carbons (Fsp3) is 0.263. The Morgan fingerprint density at radius 3 is 2.52 bits per heavy atom. The van der Waals surface area contributed by atoms with Gasteiger partial charge in [-0.25, -0.2) is 8.78 Å². The summed E-state index contributed by atoms with van der Waals surface area (Å²) in [5.41, 5.74) is -0.183. The van der Waals surface area contributed by atoms with Gasteiger partial charge in [-0.15, -0.1) is 0 Å². The van der Waals surface area contributed by atoms with Crippen molar-refractivity contribution in [3.05, 3.63) is 64.7 Å². The molecule has 0 saturated heterocycles. The van der Waals surface area contributed by atoms with Crippen LogP contribution in [0.15, 0.2) is 42.5 Å². The lowest BCUT2D eigenvalue weighted by Crippen LogP contribution is -2.38. The van der Waals surface area contributed by atoms with Crippen LogP contribution in [0.2, 0.25) is 5.02 Å². The van der Waals surface area contributed by atoms with E-state index in [1.807, 2.05) is 0 Å². The Hall–Kier alpha value is -2.67. The maximum Gasteiger partial charge on any atom is 0.251 e. The molecule has 0 radical (unpaired) electrons. The number of hydrogen-bond donors (Lipinski definition) is 1. The fourth-order valence-electron chi connectivity index (χ4n) is 2.25. The predicted octanol–water partition coefficient (Wildman–Crippen LogP) is 3.28. The van der Waals surface area contributed by atoms with Crippen LogP contribution < -0.4 is 10.1 Å². The van der Waals surface area contributed by atoms with E-state index in [1.54, 1.807) is 31.3 Å². The van der Waals surface area contributed by atoms with Crippen LogP contribution in [-0.4, -0.2) is 43.5 Å². The van der Waals surface area contributed by atoms with Crippen LogP contribution in [0.3, 0.4) is 0 Å². The molecular weight excluding hydrogens is 378 g/mol. The second kappa shape index (κ2) is 9.87. The van der Waals surface area contributed by atoms with Gasteiger partial charge in [0.2, 0.25) is 5.91 Å². The first-order valence-corrected chi connectivity index (χ1v) is 8.59. The number of carbonyl (C=O) groups is 2. The molecule has 2 aromatic carbocycles. The number of benzene rings is 2. The summed E-state index contributed by atoms with van der Waals surface area (Å²) >= 11 is 5.86. The van der Waals surface area contributed by atoms with Crippen LogP contribution in [0, 0.1) is 11.6 Å². The zero-order chi connectivity index (χ0) is 19.8. The van der Waals surface area contributed by atoms with E-state index in [1.165, 1.54) is 4.90 Å². The van der Waals surface area contributed by atoms with E-state index in [2.05, 4.69) is 5.32 Å². The number of nitrogens with zero attached hydrogens (tertiary/aromatic N) is 1. The molecule has 1 N–H and O–H groups in total. The number of halogens is 3. The first kappa shape index (κ1) is 20.6. The Kier molecular flexibility index (Phi) is 7.55. The van der Waals surface area contributed by atoms with Crippen molar-refractivity contribution in [2.24, 2.45) is 0 Å². The lowest BCUT2D eigenvalue weighted by molar-refractivity contribution is -0.128. The van der Waals surface area contributed by atoms with Gasteiger partial charge in [0.15, 0.2) is 0 Å². The molecular formula is C19H19ClF2N2O3. The highest BCUT2D eigenvalue weighted by atomic mass is 35.5. The molecule has 0 aromatic heterocycles. The minimum Gasteiger partial charge on any atom is -0.493 e. The van der Waals surface area contributed by atoms with E-state index in [9.17, 15) is 18.4 Å². The summed E-state index contributed by atoms with van der Waals surface area (Å²) in [7, 11) is 1.59. The second-order valence-corrected chi connectivity index (χ2v) is 6.25.